The maximum atomic E-state index is 8.41. The first-order valence-electron chi connectivity index (χ1n) is 3.69. The zero-order chi connectivity index (χ0) is 8.15. The SMILES string of the molecule is CC(C)C(=CC#N)C(C)C. The van der Waals surface area contributed by atoms with Crippen LogP contribution in [-0.4, -0.2) is 0 Å². The molecule has 0 radical (unpaired) electrons. The summed E-state index contributed by atoms with van der Waals surface area (Å²) in [5.41, 5.74) is 1.24. The molecule has 56 valence electrons. The standard InChI is InChI=1S/C9H15N/c1-7(2)9(5-6-10)8(3)4/h5,7-8H,1-4H3. The Morgan fingerprint density at radius 3 is 1.70 bits per heavy atom. The number of nitrogens with zero attached hydrogens (tertiary/aromatic N) is 1. The summed E-state index contributed by atoms with van der Waals surface area (Å²) in [4.78, 5) is 0. The van der Waals surface area contributed by atoms with E-state index in [0.29, 0.717) is 11.8 Å². The van der Waals surface area contributed by atoms with Crippen molar-refractivity contribution in [1.82, 2.24) is 0 Å². The van der Waals surface area contributed by atoms with Gasteiger partial charge in [0.1, 0.15) is 0 Å². The smallest absolute Gasteiger partial charge is 0.0911 e. The summed E-state index contributed by atoms with van der Waals surface area (Å²) >= 11 is 0. The van der Waals surface area contributed by atoms with Gasteiger partial charge in [0, 0.05) is 6.08 Å². The third kappa shape index (κ3) is 2.68. The molecule has 0 N–H and O–H groups in total. The summed E-state index contributed by atoms with van der Waals surface area (Å²) in [7, 11) is 0. The lowest BCUT2D eigenvalue weighted by molar-refractivity contribution is 0.626. The Bertz CT molecular complexity index is 148. The van der Waals surface area contributed by atoms with Crippen LogP contribution in [0.2, 0.25) is 0 Å². The molecule has 0 spiro atoms. The van der Waals surface area contributed by atoms with Crippen LogP contribution in [0.5, 0.6) is 0 Å². The molecule has 0 unspecified atom stereocenters. The van der Waals surface area contributed by atoms with E-state index in [1.807, 2.05) is 0 Å². The van der Waals surface area contributed by atoms with E-state index in [0.717, 1.165) is 0 Å². The molecule has 0 heterocycles. The third-order valence-electron chi connectivity index (χ3n) is 1.56. The fourth-order valence-corrected chi connectivity index (χ4v) is 1.07. The lowest BCUT2D eigenvalue weighted by Gasteiger charge is -2.12. The molecule has 0 fully saturated rings. The second-order valence-electron chi connectivity index (χ2n) is 3.08. The second kappa shape index (κ2) is 4.11. The molecule has 0 amide bonds. The van der Waals surface area contributed by atoms with Crippen LogP contribution in [0.25, 0.3) is 0 Å². The molecule has 0 rings (SSSR count). The van der Waals surface area contributed by atoms with Crippen LogP contribution >= 0.6 is 0 Å². The molecule has 0 atom stereocenters. The van der Waals surface area contributed by atoms with Crippen molar-refractivity contribution < 1.29 is 0 Å². The van der Waals surface area contributed by atoms with Gasteiger partial charge in [0.05, 0.1) is 6.07 Å². The molecule has 0 saturated carbocycles. The number of hydrogen-bond donors (Lipinski definition) is 0. The van der Waals surface area contributed by atoms with Crippen molar-refractivity contribution >= 4 is 0 Å². The fourth-order valence-electron chi connectivity index (χ4n) is 1.07. The van der Waals surface area contributed by atoms with Gasteiger partial charge >= 0.3 is 0 Å². The van der Waals surface area contributed by atoms with E-state index < -0.39 is 0 Å². The van der Waals surface area contributed by atoms with E-state index in [2.05, 4.69) is 33.8 Å². The third-order valence-corrected chi connectivity index (χ3v) is 1.56. The van der Waals surface area contributed by atoms with E-state index in [1.165, 1.54) is 5.57 Å². The van der Waals surface area contributed by atoms with Crippen molar-refractivity contribution in [3.05, 3.63) is 11.6 Å². The van der Waals surface area contributed by atoms with Crippen molar-refractivity contribution in [3.63, 3.8) is 0 Å². The van der Waals surface area contributed by atoms with Crippen LogP contribution in [0.3, 0.4) is 0 Å². The Morgan fingerprint density at radius 2 is 1.60 bits per heavy atom. The topological polar surface area (TPSA) is 23.8 Å². The highest BCUT2D eigenvalue weighted by molar-refractivity contribution is 5.16. The number of rotatable bonds is 2. The number of nitriles is 1. The van der Waals surface area contributed by atoms with E-state index in [4.69, 9.17) is 5.26 Å². The molecule has 10 heavy (non-hydrogen) atoms. The van der Waals surface area contributed by atoms with Gasteiger partial charge in [-0.1, -0.05) is 33.3 Å². The first-order chi connectivity index (χ1) is 4.59. The number of hydrogen-bond acceptors (Lipinski definition) is 1. The van der Waals surface area contributed by atoms with Gasteiger partial charge in [0.15, 0.2) is 0 Å². The number of allylic oxidation sites excluding steroid dienone is 2. The van der Waals surface area contributed by atoms with Crippen LogP contribution in [0.1, 0.15) is 27.7 Å². The molecule has 1 heteroatoms. The van der Waals surface area contributed by atoms with E-state index in [-0.39, 0.29) is 0 Å². The summed E-state index contributed by atoms with van der Waals surface area (Å²) in [6, 6.07) is 2.07. The van der Waals surface area contributed by atoms with Gasteiger partial charge in [-0.15, -0.1) is 0 Å². The van der Waals surface area contributed by atoms with Crippen LogP contribution in [-0.2, 0) is 0 Å². The van der Waals surface area contributed by atoms with Crippen LogP contribution in [0, 0.1) is 23.2 Å². The summed E-state index contributed by atoms with van der Waals surface area (Å²) in [6.45, 7) is 8.46. The molecule has 0 aliphatic rings. The van der Waals surface area contributed by atoms with Crippen LogP contribution < -0.4 is 0 Å². The zero-order valence-electron chi connectivity index (χ0n) is 7.18. The molecule has 0 aromatic carbocycles. The van der Waals surface area contributed by atoms with E-state index >= 15 is 0 Å². The predicted octanol–water partition coefficient (Wildman–Crippen LogP) is 2.75. The minimum atomic E-state index is 0.500. The lowest BCUT2D eigenvalue weighted by Crippen LogP contribution is -2.01. The Morgan fingerprint density at radius 1 is 1.20 bits per heavy atom. The van der Waals surface area contributed by atoms with Crippen LogP contribution in [0.4, 0.5) is 0 Å². The zero-order valence-corrected chi connectivity index (χ0v) is 7.18. The quantitative estimate of drug-likeness (QED) is 0.537. The largest absolute Gasteiger partial charge is 0.193 e. The molecule has 0 aromatic heterocycles. The monoisotopic (exact) mass is 137 g/mol. The molecular formula is C9H15N. The summed E-state index contributed by atoms with van der Waals surface area (Å²) in [6.07, 6.45) is 1.66. The second-order valence-corrected chi connectivity index (χ2v) is 3.08. The first-order valence-corrected chi connectivity index (χ1v) is 3.69. The van der Waals surface area contributed by atoms with Gasteiger partial charge in [-0.05, 0) is 11.8 Å². The average Bonchev–Trinajstić information content (AvgIpc) is 1.81. The maximum absolute atomic E-state index is 8.41. The lowest BCUT2D eigenvalue weighted by atomic mass is 9.93. The summed E-state index contributed by atoms with van der Waals surface area (Å²) in [5.74, 6) is 0.999. The predicted molar refractivity (Wildman–Crippen MR) is 43.4 cm³/mol. The van der Waals surface area contributed by atoms with Gasteiger partial charge in [-0.25, -0.2) is 0 Å². The van der Waals surface area contributed by atoms with Crippen molar-refractivity contribution in [3.8, 4) is 6.07 Å². The Labute approximate surface area is 63.4 Å². The molecule has 0 aliphatic heterocycles. The Balaban J connectivity index is 4.30. The van der Waals surface area contributed by atoms with Gasteiger partial charge in [0.25, 0.3) is 0 Å². The molecule has 1 nitrogen and oxygen atoms in total. The molecular weight excluding hydrogens is 122 g/mol. The van der Waals surface area contributed by atoms with E-state index in [1.54, 1.807) is 6.08 Å². The van der Waals surface area contributed by atoms with Crippen molar-refractivity contribution in [2.24, 2.45) is 11.8 Å². The van der Waals surface area contributed by atoms with E-state index in [9.17, 15) is 0 Å². The van der Waals surface area contributed by atoms with Gasteiger partial charge in [0.2, 0.25) is 0 Å². The summed E-state index contributed by atoms with van der Waals surface area (Å²) in [5, 5.41) is 8.41. The van der Waals surface area contributed by atoms with Crippen molar-refractivity contribution in [2.75, 3.05) is 0 Å². The van der Waals surface area contributed by atoms with Gasteiger partial charge in [-0.2, -0.15) is 5.26 Å². The highest BCUT2D eigenvalue weighted by atomic mass is 14.2. The fraction of sp³-hybridized carbons (Fsp3) is 0.667. The van der Waals surface area contributed by atoms with Crippen molar-refractivity contribution in [1.29, 1.82) is 5.26 Å². The molecule has 0 aliphatic carbocycles. The Hall–Kier alpha value is -0.770. The van der Waals surface area contributed by atoms with Crippen molar-refractivity contribution in [2.45, 2.75) is 27.7 Å². The molecule has 0 saturated heterocycles. The molecule has 0 bridgehead atoms. The highest BCUT2D eigenvalue weighted by Crippen LogP contribution is 2.18. The average molecular weight is 137 g/mol. The summed E-state index contributed by atoms with van der Waals surface area (Å²) < 4.78 is 0. The normalized spacial score (nSPS) is 9.70. The minimum absolute atomic E-state index is 0.500. The highest BCUT2D eigenvalue weighted by Gasteiger charge is 2.06. The molecule has 0 aromatic rings. The minimum Gasteiger partial charge on any atom is -0.193 e. The van der Waals surface area contributed by atoms with Gasteiger partial charge < -0.3 is 0 Å². The van der Waals surface area contributed by atoms with Gasteiger partial charge in [-0.3, -0.25) is 0 Å². The maximum Gasteiger partial charge on any atom is 0.0911 e. The first kappa shape index (κ1) is 9.23. The van der Waals surface area contributed by atoms with Crippen LogP contribution in [0.15, 0.2) is 11.6 Å². The Kier molecular flexibility index (Phi) is 3.79.